The number of ether oxygens (including phenoxy) is 1. The van der Waals surface area contributed by atoms with Crippen LogP contribution in [0.2, 0.25) is 0 Å². The molecule has 0 amide bonds. The highest BCUT2D eigenvalue weighted by Gasteiger charge is 2.19. The van der Waals surface area contributed by atoms with Crippen LogP contribution in [0.4, 0.5) is 5.82 Å². The summed E-state index contributed by atoms with van der Waals surface area (Å²) in [5.74, 6) is 1.39. The van der Waals surface area contributed by atoms with Crippen LogP contribution in [0, 0.1) is 6.92 Å². The Labute approximate surface area is 96.4 Å². The van der Waals surface area contributed by atoms with Gasteiger partial charge in [0, 0.05) is 5.54 Å². The van der Waals surface area contributed by atoms with Gasteiger partial charge in [0.2, 0.25) is 5.88 Å². The number of aromatic nitrogens is 2. The Kier molecular flexibility index (Phi) is 4.06. The summed E-state index contributed by atoms with van der Waals surface area (Å²) < 4.78 is 5.14. The molecule has 1 rings (SSSR count). The smallest absolute Gasteiger partial charge is 0.221 e. The fraction of sp³-hybridized carbons (Fsp3) is 0.636. The van der Waals surface area contributed by atoms with E-state index in [9.17, 15) is 0 Å². The van der Waals surface area contributed by atoms with Gasteiger partial charge in [0.15, 0.2) is 0 Å². The zero-order valence-electron chi connectivity index (χ0n) is 10.4. The maximum atomic E-state index is 5.56. The maximum Gasteiger partial charge on any atom is 0.221 e. The Morgan fingerprint density at radius 3 is 2.69 bits per heavy atom. The van der Waals surface area contributed by atoms with Crippen LogP contribution in [-0.4, -0.2) is 29.2 Å². The lowest BCUT2D eigenvalue weighted by molar-refractivity contribution is 0.393. The summed E-state index contributed by atoms with van der Waals surface area (Å²) in [6.45, 7) is 6.75. The van der Waals surface area contributed by atoms with E-state index >= 15 is 0 Å². The number of nitrogens with zero attached hydrogens (tertiary/aromatic N) is 2. The van der Waals surface area contributed by atoms with Gasteiger partial charge in [0.1, 0.15) is 12.1 Å². The molecular formula is C11H20N4O. The van der Waals surface area contributed by atoms with Crippen LogP contribution in [0.3, 0.4) is 0 Å². The number of anilines is 1. The zero-order valence-corrected chi connectivity index (χ0v) is 10.4. The van der Waals surface area contributed by atoms with Crippen molar-refractivity contribution in [3.8, 4) is 5.88 Å². The Balaban J connectivity index is 2.89. The summed E-state index contributed by atoms with van der Waals surface area (Å²) in [5, 5.41) is 3.35. The highest BCUT2D eigenvalue weighted by molar-refractivity contribution is 5.49. The summed E-state index contributed by atoms with van der Waals surface area (Å²) in [5.41, 5.74) is 6.39. The van der Waals surface area contributed by atoms with Gasteiger partial charge in [-0.2, -0.15) is 0 Å². The maximum absolute atomic E-state index is 5.56. The Morgan fingerprint density at radius 1 is 1.44 bits per heavy atom. The molecule has 0 unspecified atom stereocenters. The molecule has 1 heterocycles. The first-order valence-corrected chi connectivity index (χ1v) is 5.34. The van der Waals surface area contributed by atoms with Crippen molar-refractivity contribution in [1.29, 1.82) is 0 Å². The standard InChI is InChI=1S/C11H20N4O/c1-8-9(13-7-14-10(8)16-4)15-11(2,3)5-6-12/h7H,5-6,12H2,1-4H3,(H,13,14,15). The van der Waals surface area contributed by atoms with Gasteiger partial charge in [0.25, 0.3) is 0 Å². The van der Waals surface area contributed by atoms with Crippen molar-refractivity contribution in [2.24, 2.45) is 5.73 Å². The van der Waals surface area contributed by atoms with Gasteiger partial charge in [0.05, 0.1) is 12.7 Å². The third-order valence-corrected chi connectivity index (χ3v) is 2.46. The molecule has 0 aliphatic heterocycles. The molecule has 90 valence electrons. The van der Waals surface area contributed by atoms with E-state index in [2.05, 4.69) is 29.1 Å². The molecule has 1 aromatic rings. The minimum absolute atomic E-state index is 0.0844. The Morgan fingerprint density at radius 2 is 2.12 bits per heavy atom. The fourth-order valence-corrected chi connectivity index (χ4v) is 1.51. The van der Waals surface area contributed by atoms with Crippen LogP contribution in [-0.2, 0) is 0 Å². The molecule has 0 bridgehead atoms. The Hall–Kier alpha value is -1.36. The Bertz CT molecular complexity index is 352. The van der Waals surface area contributed by atoms with Crippen molar-refractivity contribution in [3.05, 3.63) is 11.9 Å². The molecule has 0 spiro atoms. The lowest BCUT2D eigenvalue weighted by Crippen LogP contribution is -2.34. The quantitative estimate of drug-likeness (QED) is 0.789. The summed E-state index contributed by atoms with van der Waals surface area (Å²) in [6.07, 6.45) is 2.37. The van der Waals surface area contributed by atoms with Gasteiger partial charge < -0.3 is 15.8 Å². The summed E-state index contributed by atoms with van der Waals surface area (Å²) >= 11 is 0. The normalized spacial score (nSPS) is 11.3. The summed E-state index contributed by atoms with van der Waals surface area (Å²) in [6, 6.07) is 0. The lowest BCUT2D eigenvalue weighted by Gasteiger charge is -2.27. The first-order valence-electron chi connectivity index (χ1n) is 5.34. The third-order valence-electron chi connectivity index (χ3n) is 2.46. The van der Waals surface area contributed by atoms with Gasteiger partial charge in [-0.15, -0.1) is 0 Å². The molecule has 0 atom stereocenters. The molecule has 0 aromatic carbocycles. The molecule has 3 N–H and O–H groups in total. The van der Waals surface area contributed by atoms with Crippen LogP contribution in [0.1, 0.15) is 25.8 Å². The van der Waals surface area contributed by atoms with E-state index in [1.54, 1.807) is 7.11 Å². The molecule has 0 aliphatic rings. The van der Waals surface area contributed by atoms with Gasteiger partial charge in [-0.1, -0.05) is 0 Å². The van der Waals surface area contributed by atoms with Crippen LogP contribution >= 0.6 is 0 Å². The van der Waals surface area contributed by atoms with E-state index in [-0.39, 0.29) is 5.54 Å². The first-order chi connectivity index (χ1) is 7.50. The van der Waals surface area contributed by atoms with Crippen molar-refractivity contribution in [3.63, 3.8) is 0 Å². The molecule has 16 heavy (non-hydrogen) atoms. The summed E-state index contributed by atoms with van der Waals surface area (Å²) in [7, 11) is 1.60. The molecule has 1 aromatic heterocycles. The highest BCUT2D eigenvalue weighted by Crippen LogP contribution is 2.23. The predicted molar refractivity (Wildman–Crippen MR) is 64.7 cm³/mol. The van der Waals surface area contributed by atoms with E-state index < -0.39 is 0 Å². The molecule has 0 saturated heterocycles. The SMILES string of the molecule is COc1ncnc(NC(C)(C)CCN)c1C. The van der Waals surface area contributed by atoms with E-state index in [1.807, 2.05) is 6.92 Å². The molecule has 0 aliphatic carbocycles. The average Bonchev–Trinajstić information content (AvgIpc) is 2.21. The van der Waals surface area contributed by atoms with Crippen LogP contribution in [0.15, 0.2) is 6.33 Å². The minimum Gasteiger partial charge on any atom is -0.481 e. The van der Waals surface area contributed by atoms with Crippen LogP contribution in [0.5, 0.6) is 5.88 Å². The predicted octanol–water partition coefficient (Wildman–Crippen LogP) is 1.33. The molecule has 5 heteroatoms. The number of nitrogens with one attached hydrogen (secondary N) is 1. The molecule has 0 radical (unpaired) electrons. The van der Waals surface area contributed by atoms with Gasteiger partial charge >= 0.3 is 0 Å². The van der Waals surface area contributed by atoms with Gasteiger partial charge in [-0.25, -0.2) is 9.97 Å². The van der Waals surface area contributed by atoms with Crippen molar-refractivity contribution >= 4 is 5.82 Å². The lowest BCUT2D eigenvalue weighted by atomic mass is 10.0. The van der Waals surface area contributed by atoms with Crippen molar-refractivity contribution in [1.82, 2.24) is 9.97 Å². The molecule has 0 saturated carbocycles. The fourth-order valence-electron chi connectivity index (χ4n) is 1.51. The number of methoxy groups -OCH3 is 1. The number of nitrogens with two attached hydrogens (primary N) is 1. The minimum atomic E-state index is -0.0844. The highest BCUT2D eigenvalue weighted by atomic mass is 16.5. The molecule has 5 nitrogen and oxygen atoms in total. The van der Waals surface area contributed by atoms with Gasteiger partial charge in [-0.05, 0) is 33.7 Å². The monoisotopic (exact) mass is 224 g/mol. The van der Waals surface area contributed by atoms with E-state index in [0.717, 1.165) is 17.8 Å². The zero-order chi connectivity index (χ0) is 12.2. The summed E-state index contributed by atoms with van der Waals surface area (Å²) in [4.78, 5) is 8.25. The van der Waals surface area contributed by atoms with E-state index in [1.165, 1.54) is 6.33 Å². The number of hydrogen-bond acceptors (Lipinski definition) is 5. The van der Waals surface area contributed by atoms with E-state index in [0.29, 0.717) is 12.4 Å². The third kappa shape index (κ3) is 3.06. The second-order valence-electron chi connectivity index (χ2n) is 4.40. The van der Waals surface area contributed by atoms with E-state index in [4.69, 9.17) is 10.5 Å². The van der Waals surface area contributed by atoms with Gasteiger partial charge in [-0.3, -0.25) is 0 Å². The number of hydrogen-bond donors (Lipinski definition) is 2. The van der Waals surface area contributed by atoms with Crippen molar-refractivity contribution in [2.45, 2.75) is 32.7 Å². The largest absolute Gasteiger partial charge is 0.481 e. The molecular weight excluding hydrogens is 204 g/mol. The molecule has 0 fully saturated rings. The van der Waals surface area contributed by atoms with Crippen LogP contribution in [0.25, 0.3) is 0 Å². The van der Waals surface area contributed by atoms with Crippen molar-refractivity contribution in [2.75, 3.05) is 19.0 Å². The second kappa shape index (κ2) is 5.12. The second-order valence-corrected chi connectivity index (χ2v) is 4.40. The first kappa shape index (κ1) is 12.7. The average molecular weight is 224 g/mol. The van der Waals surface area contributed by atoms with Crippen molar-refractivity contribution < 1.29 is 4.74 Å². The topological polar surface area (TPSA) is 73.1 Å². The van der Waals surface area contributed by atoms with Crippen LogP contribution < -0.4 is 15.8 Å². The number of rotatable bonds is 5.